The van der Waals surface area contributed by atoms with E-state index in [4.69, 9.17) is 0 Å². The van der Waals surface area contributed by atoms with Crippen LogP contribution in [-0.4, -0.2) is 40.2 Å². The molecule has 0 unspecified atom stereocenters. The van der Waals surface area contributed by atoms with Crippen molar-refractivity contribution in [1.82, 2.24) is 15.1 Å². The highest BCUT2D eigenvalue weighted by molar-refractivity contribution is 6.01. The average molecular weight is 384 g/mol. The van der Waals surface area contributed by atoms with Crippen LogP contribution in [0.15, 0.2) is 72.8 Å². The second-order valence-corrected chi connectivity index (χ2v) is 6.86. The topological polar surface area (TPSA) is 78.4 Å². The lowest BCUT2D eigenvalue weighted by molar-refractivity contribution is 0.0827. The summed E-state index contributed by atoms with van der Waals surface area (Å²) in [4.78, 5) is 13.7. The van der Waals surface area contributed by atoms with Gasteiger partial charge in [0.1, 0.15) is 11.4 Å². The zero-order chi connectivity index (χ0) is 20.4. The Balaban J connectivity index is 1.76. The van der Waals surface area contributed by atoms with Crippen molar-refractivity contribution in [3.8, 4) is 17.0 Å². The zero-order valence-corrected chi connectivity index (χ0v) is 16.1. The molecule has 2 N–H and O–H groups in total. The molecule has 6 heteroatoms. The smallest absolute Gasteiger partial charge is 0.253 e. The Labute approximate surface area is 168 Å². The lowest BCUT2D eigenvalue weighted by Crippen LogP contribution is -2.21. The molecule has 3 aromatic carbocycles. The van der Waals surface area contributed by atoms with Crippen LogP contribution in [0.2, 0.25) is 0 Å². The Hall–Kier alpha value is -3.93. The van der Waals surface area contributed by atoms with E-state index in [1.807, 2.05) is 42.5 Å². The fraction of sp³-hybridized carbons (Fsp3) is 0.0870. The van der Waals surface area contributed by atoms with Gasteiger partial charge in [-0.05, 0) is 24.3 Å². The maximum atomic E-state index is 12.1. The number of para-hydroxylation sites is 2. The first-order valence-electron chi connectivity index (χ1n) is 9.17. The summed E-state index contributed by atoms with van der Waals surface area (Å²) in [5.41, 5.74) is 2.78. The minimum absolute atomic E-state index is 0.0466. The summed E-state index contributed by atoms with van der Waals surface area (Å²) >= 11 is 0. The molecular weight excluding hydrogens is 364 g/mol. The maximum Gasteiger partial charge on any atom is 0.253 e. The van der Waals surface area contributed by atoms with Crippen molar-refractivity contribution in [2.45, 2.75) is 0 Å². The van der Waals surface area contributed by atoms with Gasteiger partial charge in [0.2, 0.25) is 0 Å². The molecule has 0 saturated heterocycles. The number of nitrogens with zero attached hydrogens (tertiary/aromatic N) is 3. The molecule has 0 saturated carbocycles. The molecule has 1 aromatic heterocycles. The summed E-state index contributed by atoms with van der Waals surface area (Å²) in [6, 6.07) is 22.2. The van der Waals surface area contributed by atoms with E-state index in [0.717, 1.165) is 22.0 Å². The first kappa shape index (κ1) is 18.4. The highest BCUT2D eigenvalue weighted by Crippen LogP contribution is 2.33. The van der Waals surface area contributed by atoms with Crippen LogP contribution in [-0.2, 0) is 0 Å². The van der Waals surface area contributed by atoms with E-state index < -0.39 is 0 Å². The first-order chi connectivity index (χ1) is 14.0. The van der Waals surface area contributed by atoms with Crippen molar-refractivity contribution in [2.24, 2.45) is 0 Å². The van der Waals surface area contributed by atoms with Gasteiger partial charge in [0.15, 0.2) is 5.82 Å². The number of hydrogen-bond acceptors (Lipinski definition) is 5. The van der Waals surface area contributed by atoms with Gasteiger partial charge < -0.3 is 15.3 Å². The number of rotatable bonds is 4. The van der Waals surface area contributed by atoms with Crippen LogP contribution in [0.25, 0.3) is 22.0 Å². The van der Waals surface area contributed by atoms with Gasteiger partial charge in [-0.25, -0.2) is 0 Å². The molecule has 0 atom stereocenters. The second-order valence-electron chi connectivity index (χ2n) is 6.86. The summed E-state index contributed by atoms with van der Waals surface area (Å²) in [7, 11) is 3.46. The van der Waals surface area contributed by atoms with Gasteiger partial charge in [-0.2, -0.15) is 0 Å². The highest BCUT2D eigenvalue weighted by atomic mass is 16.3. The quantitative estimate of drug-likeness (QED) is 0.508. The Kier molecular flexibility index (Phi) is 4.83. The van der Waals surface area contributed by atoms with E-state index in [0.29, 0.717) is 17.1 Å². The third kappa shape index (κ3) is 3.60. The number of nitrogens with one attached hydrogen (secondary N) is 1. The lowest BCUT2D eigenvalue weighted by atomic mass is 10.0. The Bertz CT molecular complexity index is 1190. The summed E-state index contributed by atoms with van der Waals surface area (Å²) in [5, 5.41) is 23.8. The molecule has 144 valence electrons. The molecule has 6 nitrogen and oxygen atoms in total. The number of benzene rings is 3. The van der Waals surface area contributed by atoms with E-state index in [-0.39, 0.29) is 11.7 Å². The van der Waals surface area contributed by atoms with Crippen molar-refractivity contribution >= 4 is 28.2 Å². The molecular formula is C23H20N4O2. The van der Waals surface area contributed by atoms with Gasteiger partial charge >= 0.3 is 0 Å². The standard InChI is InChI=1S/C23H20N4O2/c1-27(2)23(29)16-13-11-15(12-14-16)21-17-7-3-4-8-18(17)22(26-25-21)24-19-9-5-6-10-20(19)28/h3-14,28H,1-2H3,(H,24,26). The zero-order valence-electron chi connectivity index (χ0n) is 16.1. The third-order valence-electron chi connectivity index (χ3n) is 4.66. The van der Waals surface area contributed by atoms with E-state index in [1.54, 1.807) is 49.3 Å². The SMILES string of the molecule is CN(C)C(=O)c1ccc(-c2nnc(Nc3ccccc3O)c3ccccc23)cc1. The summed E-state index contributed by atoms with van der Waals surface area (Å²) < 4.78 is 0. The van der Waals surface area contributed by atoms with Gasteiger partial charge in [-0.1, -0.05) is 48.5 Å². The van der Waals surface area contributed by atoms with Crippen LogP contribution >= 0.6 is 0 Å². The van der Waals surface area contributed by atoms with E-state index in [2.05, 4.69) is 15.5 Å². The molecule has 0 radical (unpaired) electrons. The molecule has 4 aromatic rings. The second kappa shape index (κ2) is 7.59. The van der Waals surface area contributed by atoms with Gasteiger partial charge in [-0.15, -0.1) is 10.2 Å². The Morgan fingerprint density at radius 1 is 0.862 bits per heavy atom. The molecule has 0 aliphatic rings. The normalized spacial score (nSPS) is 10.7. The molecule has 0 aliphatic heterocycles. The van der Waals surface area contributed by atoms with Gasteiger partial charge in [0.05, 0.1) is 5.69 Å². The molecule has 1 amide bonds. The highest BCUT2D eigenvalue weighted by Gasteiger charge is 2.13. The summed E-state index contributed by atoms with van der Waals surface area (Å²) in [6.45, 7) is 0. The van der Waals surface area contributed by atoms with Crippen molar-refractivity contribution in [3.63, 3.8) is 0 Å². The minimum Gasteiger partial charge on any atom is -0.506 e. The van der Waals surface area contributed by atoms with Crippen molar-refractivity contribution in [2.75, 3.05) is 19.4 Å². The van der Waals surface area contributed by atoms with Crippen LogP contribution in [0.1, 0.15) is 10.4 Å². The Morgan fingerprint density at radius 2 is 1.52 bits per heavy atom. The van der Waals surface area contributed by atoms with Gasteiger partial charge in [-0.3, -0.25) is 4.79 Å². The minimum atomic E-state index is -0.0466. The number of amides is 1. The number of carbonyl (C=O) groups is 1. The number of phenols is 1. The fourth-order valence-electron chi connectivity index (χ4n) is 3.15. The van der Waals surface area contributed by atoms with Crippen molar-refractivity contribution < 1.29 is 9.90 Å². The largest absolute Gasteiger partial charge is 0.506 e. The lowest BCUT2D eigenvalue weighted by Gasteiger charge is -2.13. The predicted molar refractivity (Wildman–Crippen MR) is 114 cm³/mol. The van der Waals surface area contributed by atoms with Crippen LogP contribution in [0.4, 0.5) is 11.5 Å². The van der Waals surface area contributed by atoms with E-state index in [9.17, 15) is 9.90 Å². The predicted octanol–water partition coefficient (Wildman–Crippen LogP) is 4.45. The number of aromatic hydroxyl groups is 1. The molecule has 4 rings (SSSR count). The van der Waals surface area contributed by atoms with E-state index >= 15 is 0 Å². The number of anilines is 2. The molecule has 0 fully saturated rings. The number of fused-ring (bicyclic) bond motifs is 1. The third-order valence-corrected chi connectivity index (χ3v) is 4.66. The number of hydrogen-bond donors (Lipinski definition) is 2. The maximum absolute atomic E-state index is 12.1. The number of aromatic nitrogens is 2. The summed E-state index contributed by atoms with van der Waals surface area (Å²) in [5.74, 6) is 0.656. The average Bonchev–Trinajstić information content (AvgIpc) is 2.75. The Morgan fingerprint density at radius 3 is 2.21 bits per heavy atom. The molecule has 29 heavy (non-hydrogen) atoms. The van der Waals surface area contributed by atoms with Crippen molar-refractivity contribution in [3.05, 3.63) is 78.4 Å². The fourth-order valence-corrected chi connectivity index (χ4v) is 3.15. The van der Waals surface area contributed by atoms with Gasteiger partial charge in [0.25, 0.3) is 5.91 Å². The van der Waals surface area contributed by atoms with Crippen LogP contribution < -0.4 is 5.32 Å². The van der Waals surface area contributed by atoms with Crippen LogP contribution in [0, 0.1) is 0 Å². The molecule has 0 spiro atoms. The molecule has 1 heterocycles. The number of carbonyl (C=O) groups excluding carboxylic acids is 1. The molecule has 0 bridgehead atoms. The summed E-state index contributed by atoms with van der Waals surface area (Å²) in [6.07, 6.45) is 0. The van der Waals surface area contributed by atoms with Crippen LogP contribution in [0.5, 0.6) is 5.75 Å². The first-order valence-corrected chi connectivity index (χ1v) is 9.17. The molecule has 0 aliphatic carbocycles. The monoisotopic (exact) mass is 384 g/mol. The van der Waals surface area contributed by atoms with Gasteiger partial charge in [0, 0.05) is 36.0 Å². The van der Waals surface area contributed by atoms with Crippen LogP contribution in [0.3, 0.4) is 0 Å². The van der Waals surface area contributed by atoms with E-state index in [1.165, 1.54) is 0 Å². The van der Waals surface area contributed by atoms with Crippen molar-refractivity contribution in [1.29, 1.82) is 0 Å². The number of phenolic OH excluding ortho intramolecular Hbond substituents is 1.